The monoisotopic (exact) mass is 225 g/mol. The fourth-order valence-corrected chi connectivity index (χ4v) is 1.41. The van der Waals surface area contributed by atoms with Gasteiger partial charge in [-0.25, -0.2) is 0 Å². The fourth-order valence-electron chi connectivity index (χ4n) is 1.41. The average molecular weight is 225 g/mol. The molecule has 1 unspecified atom stereocenters. The first-order valence-electron chi connectivity index (χ1n) is 6.10. The largest absolute Gasteiger partial charge is 0.380 e. The van der Waals surface area contributed by atoms with Gasteiger partial charge >= 0.3 is 0 Å². The molecule has 16 heavy (non-hydrogen) atoms. The van der Waals surface area contributed by atoms with E-state index < -0.39 is 0 Å². The average Bonchev–Trinajstić information content (AvgIpc) is 2.76. The van der Waals surface area contributed by atoms with Gasteiger partial charge in [0.1, 0.15) is 0 Å². The molecule has 0 bridgehead atoms. The van der Waals surface area contributed by atoms with Gasteiger partial charge in [0.15, 0.2) is 0 Å². The summed E-state index contributed by atoms with van der Waals surface area (Å²) in [6, 6.07) is 2.55. The molecule has 1 atom stereocenters. The molecule has 1 aromatic rings. The van der Waals surface area contributed by atoms with E-state index in [1.165, 1.54) is 0 Å². The Bertz CT molecular complexity index is 286. The van der Waals surface area contributed by atoms with Crippen LogP contribution >= 0.6 is 0 Å². The molecule has 0 fully saturated rings. The van der Waals surface area contributed by atoms with E-state index in [0.717, 1.165) is 38.4 Å². The second kappa shape index (κ2) is 7.41. The van der Waals surface area contributed by atoms with Crippen molar-refractivity contribution in [2.45, 2.75) is 39.8 Å². The van der Waals surface area contributed by atoms with Gasteiger partial charge in [-0.05, 0) is 26.3 Å². The van der Waals surface area contributed by atoms with E-state index in [-0.39, 0.29) is 0 Å². The van der Waals surface area contributed by atoms with Crippen LogP contribution in [0.3, 0.4) is 0 Å². The molecule has 1 aromatic heterocycles. The third-order valence-corrected chi connectivity index (χ3v) is 2.64. The molecule has 0 saturated carbocycles. The highest BCUT2D eigenvalue weighted by Gasteiger charge is 2.03. The van der Waals surface area contributed by atoms with Gasteiger partial charge in [0.2, 0.25) is 0 Å². The van der Waals surface area contributed by atoms with Gasteiger partial charge < -0.3 is 10.1 Å². The minimum absolute atomic E-state index is 0.483. The van der Waals surface area contributed by atoms with Crippen molar-refractivity contribution < 1.29 is 4.74 Å². The molecule has 0 aliphatic heterocycles. The van der Waals surface area contributed by atoms with Crippen LogP contribution in [-0.4, -0.2) is 29.5 Å². The van der Waals surface area contributed by atoms with Gasteiger partial charge in [-0.1, -0.05) is 6.92 Å². The normalized spacial score (nSPS) is 12.9. The molecule has 0 saturated heterocycles. The van der Waals surface area contributed by atoms with Gasteiger partial charge in [-0.2, -0.15) is 5.10 Å². The Morgan fingerprint density at radius 1 is 1.50 bits per heavy atom. The van der Waals surface area contributed by atoms with Crippen LogP contribution in [0.5, 0.6) is 0 Å². The number of hydrogen-bond donors (Lipinski definition) is 1. The Hall–Kier alpha value is -0.870. The zero-order valence-electron chi connectivity index (χ0n) is 10.6. The third-order valence-electron chi connectivity index (χ3n) is 2.64. The second-order valence-electron chi connectivity index (χ2n) is 3.92. The van der Waals surface area contributed by atoms with Crippen LogP contribution in [-0.2, 0) is 11.3 Å². The zero-order valence-corrected chi connectivity index (χ0v) is 10.6. The quantitative estimate of drug-likeness (QED) is 0.688. The molecule has 1 heterocycles. The van der Waals surface area contributed by atoms with E-state index in [9.17, 15) is 0 Å². The summed E-state index contributed by atoms with van der Waals surface area (Å²) in [6.45, 7) is 9.60. The molecular weight excluding hydrogens is 202 g/mol. The van der Waals surface area contributed by atoms with E-state index in [0.29, 0.717) is 6.04 Å². The molecule has 0 aliphatic rings. The van der Waals surface area contributed by atoms with Crippen molar-refractivity contribution >= 4 is 0 Å². The summed E-state index contributed by atoms with van der Waals surface area (Å²) in [5.74, 6) is 0. The lowest BCUT2D eigenvalue weighted by Crippen LogP contribution is -2.19. The summed E-state index contributed by atoms with van der Waals surface area (Å²) < 4.78 is 7.27. The summed E-state index contributed by atoms with van der Waals surface area (Å²) in [5, 5.41) is 7.82. The zero-order chi connectivity index (χ0) is 11.8. The summed E-state index contributed by atoms with van der Waals surface area (Å²) in [7, 11) is 0. The number of aromatic nitrogens is 2. The maximum atomic E-state index is 5.24. The molecule has 0 aromatic carbocycles. The molecule has 0 aliphatic carbocycles. The Morgan fingerprint density at radius 3 is 3.00 bits per heavy atom. The minimum atomic E-state index is 0.483. The molecular formula is C12H23N3O. The topological polar surface area (TPSA) is 39.1 Å². The first kappa shape index (κ1) is 13.2. The fraction of sp³-hybridized carbons (Fsp3) is 0.750. The van der Waals surface area contributed by atoms with Crippen LogP contribution < -0.4 is 5.32 Å². The Kier molecular flexibility index (Phi) is 6.11. The molecule has 0 radical (unpaired) electrons. The van der Waals surface area contributed by atoms with Crippen molar-refractivity contribution in [2.75, 3.05) is 19.8 Å². The first-order chi connectivity index (χ1) is 7.77. The lowest BCUT2D eigenvalue weighted by atomic mass is 10.3. The van der Waals surface area contributed by atoms with Crippen molar-refractivity contribution in [3.05, 3.63) is 18.0 Å². The molecule has 4 heteroatoms. The Labute approximate surface area is 98.0 Å². The van der Waals surface area contributed by atoms with Gasteiger partial charge in [0.05, 0.1) is 12.3 Å². The summed E-state index contributed by atoms with van der Waals surface area (Å²) in [5.41, 5.74) is 1.09. The first-order valence-corrected chi connectivity index (χ1v) is 6.10. The molecule has 1 rings (SSSR count). The highest BCUT2D eigenvalue weighted by molar-refractivity contribution is 4.99. The molecule has 0 spiro atoms. The van der Waals surface area contributed by atoms with E-state index in [1.807, 2.05) is 17.8 Å². The third kappa shape index (κ3) is 4.33. The maximum Gasteiger partial charge on any atom is 0.0762 e. The predicted octanol–water partition coefficient (Wildman–Crippen LogP) is 1.98. The summed E-state index contributed by atoms with van der Waals surface area (Å²) in [4.78, 5) is 0. The van der Waals surface area contributed by atoms with Crippen LogP contribution in [0.4, 0.5) is 0 Å². The van der Waals surface area contributed by atoms with Gasteiger partial charge in [-0.15, -0.1) is 0 Å². The van der Waals surface area contributed by atoms with Crippen LogP contribution in [0.1, 0.15) is 38.9 Å². The SMILES string of the molecule is CCOCCNCc1ccn(C(C)CC)n1. The summed E-state index contributed by atoms with van der Waals surface area (Å²) in [6.07, 6.45) is 3.16. The van der Waals surface area contributed by atoms with Gasteiger partial charge in [0, 0.05) is 31.9 Å². The van der Waals surface area contributed by atoms with E-state index in [1.54, 1.807) is 0 Å². The Morgan fingerprint density at radius 2 is 2.31 bits per heavy atom. The maximum absolute atomic E-state index is 5.24. The minimum Gasteiger partial charge on any atom is -0.380 e. The van der Waals surface area contributed by atoms with Gasteiger partial charge in [-0.3, -0.25) is 4.68 Å². The standard InChI is InChI=1S/C12H23N3O/c1-4-11(3)15-8-6-12(14-15)10-13-7-9-16-5-2/h6,8,11,13H,4-5,7,9-10H2,1-3H3. The highest BCUT2D eigenvalue weighted by Crippen LogP contribution is 2.08. The molecule has 0 amide bonds. The van der Waals surface area contributed by atoms with E-state index in [2.05, 4.69) is 30.3 Å². The van der Waals surface area contributed by atoms with Crippen LogP contribution in [0.2, 0.25) is 0 Å². The van der Waals surface area contributed by atoms with Crippen molar-refractivity contribution in [2.24, 2.45) is 0 Å². The highest BCUT2D eigenvalue weighted by atomic mass is 16.5. The van der Waals surface area contributed by atoms with Crippen molar-refractivity contribution in [3.63, 3.8) is 0 Å². The number of hydrogen-bond acceptors (Lipinski definition) is 3. The van der Waals surface area contributed by atoms with Crippen molar-refractivity contribution in [3.8, 4) is 0 Å². The van der Waals surface area contributed by atoms with E-state index in [4.69, 9.17) is 4.74 Å². The van der Waals surface area contributed by atoms with Crippen LogP contribution in [0, 0.1) is 0 Å². The molecule has 92 valence electrons. The number of nitrogens with one attached hydrogen (secondary N) is 1. The number of ether oxygens (including phenoxy) is 1. The second-order valence-corrected chi connectivity index (χ2v) is 3.92. The smallest absolute Gasteiger partial charge is 0.0762 e. The van der Waals surface area contributed by atoms with Crippen molar-refractivity contribution in [1.82, 2.24) is 15.1 Å². The van der Waals surface area contributed by atoms with Crippen molar-refractivity contribution in [1.29, 1.82) is 0 Å². The molecule has 1 N–H and O–H groups in total. The van der Waals surface area contributed by atoms with Crippen LogP contribution in [0.25, 0.3) is 0 Å². The lowest BCUT2D eigenvalue weighted by molar-refractivity contribution is 0.149. The molecule has 4 nitrogen and oxygen atoms in total. The summed E-state index contributed by atoms with van der Waals surface area (Å²) >= 11 is 0. The Balaban J connectivity index is 2.24. The van der Waals surface area contributed by atoms with Gasteiger partial charge in [0.25, 0.3) is 0 Å². The predicted molar refractivity (Wildman–Crippen MR) is 65.4 cm³/mol. The van der Waals surface area contributed by atoms with Crippen LogP contribution in [0.15, 0.2) is 12.3 Å². The number of nitrogens with zero attached hydrogens (tertiary/aromatic N) is 2. The van der Waals surface area contributed by atoms with E-state index >= 15 is 0 Å². The number of rotatable bonds is 8. The lowest BCUT2D eigenvalue weighted by Gasteiger charge is -2.08.